The summed E-state index contributed by atoms with van der Waals surface area (Å²) in [4.78, 5) is 0. The van der Waals surface area contributed by atoms with E-state index in [2.05, 4.69) is 57.3 Å². The fraction of sp³-hybridized carbons (Fsp3) is 0.600. The first-order valence-electron chi connectivity index (χ1n) is 6.56. The summed E-state index contributed by atoms with van der Waals surface area (Å²) in [5, 5.41) is 3.48. The average Bonchev–Trinajstić information content (AvgIpc) is 2.27. The summed E-state index contributed by atoms with van der Waals surface area (Å²) in [5.41, 5.74) is 2.65. The van der Waals surface area contributed by atoms with Gasteiger partial charge in [0.15, 0.2) is 0 Å². The summed E-state index contributed by atoms with van der Waals surface area (Å²) in [6.07, 6.45) is 1.75. The van der Waals surface area contributed by atoms with Crippen LogP contribution in [0.3, 0.4) is 0 Å². The molecule has 0 aromatic heterocycles. The molecule has 3 atom stereocenters. The third-order valence-electron chi connectivity index (χ3n) is 3.12. The largest absolute Gasteiger partial charge is 0.307 e. The third-order valence-corrected chi connectivity index (χ3v) is 4.09. The van der Waals surface area contributed by atoms with E-state index in [0.717, 1.165) is 0 Å². The van der Waals surface area contributed by atoms with Gasteiger partial charge in [0.05, 0.1) is 0 Å². The highest BCUT2D eigenvalue weighted by atomic mass is 32.2. The van der Waals surface area contributed by atoms with Gasteiger partial charge in [-0.3, -0.25) is 4.21 Å². The molecule has 0 radical (unpaired) electrons. The van der Waals surface area contributed by atoms with E-state index < -0.39 is 10.8 Å². The summed E-state index contributed by atoms with van der Waals surface area (Å²) in [5.74, 6) is 1.28. The predicted molar refractivity (Wildman–Crippen MR) is 80.5 cm³/mol. The van der Waals surface area contributed by atoms with Crippen LogP contribution in [0.1, 0.15) is 50.8 Å². The summed E-state index contributed by atoms with van der Waals surface area (Å²) in [6.45, 7) is 8.64. The first kappa shape index (κ1) is 15.4. The van der Waals surface area contributed by atoms with Crippen LogP contribution in [0, 0.1) is 0 Å². The van der Waals surface area contributed by atoms with Gasteiger partial charge in [-0.2, -0.15) is 0 Å². The molecule has 0 bridgehead atoms. The Morgan fingerprint density at radius 1 is 1.06 bits per heavy atom. The zero-order chi connectivity index (χ0) is 13.7. The van der Waals surface area contributed by atoms with Crippen molar-refractivity contribution >= 4 is 10.8 Å². The Labute approximate surface area is 114 Å². The molecule has 1 aromatic carbocycles. The van der Waals surface area contributed by atoms with Gasteiger partial charge in [0.1, 0.15) is 0 Å². The van der Waals surface area contributed by atoms with Gasteiger partial charge >= 0.3 is 0 Å². The van der Waals surface area contributed by atoms with Gasteiger partial charge in [-0.1, -0.05) is 38.1 Å². The normalized spacial score (nSPS) is 16.6. The fourth-order valence-electron chi connectivity index (χ4n) is 2.09. The van der Waals surface area contributed by atoms with Gasteiger partial charge in [0.2, 0.25) is 0 Å². The molecule has 0 aliphatic carbocycles. The Kier molecular flexibility index (Phi) is 6.03. The van der Waals surface area contributed by atoms with Crippen molar-refractivity contribution in [3.63, 3.8) is 0 Å². The van der Waals surface area contributed by atoms with Crippen LogP contribution >= 0.6 is 0 Å². The van der Waals surface area contributed by atoms with Crippen molar-refractivity contribution in [1.29, 1.82) is 0 Å². The smallest absolute Gasteiger partial charge is 0.0383 e. The molecule has 3 heteroatoms. The minimum Gasteiger partial charge on any atom is -0.307 e. The molecule has 0 fully saturated rings. The quantitative estimate of drug-likeness (QED) is 0.857. The van der Waals surface area contributed by atoms with E-state index in [-0.39, 0.29) is 6.04 Å². The molecular weight excluding hydrogens is 242 g/mol. The van der Waals surface area contributed by atoms with Crippen molar-refractivity contribution in [1.82, 2.24) is 5.32 Å². The molecule has 1 N–H and O–H groups in total. The second kappa shape index (κ2) is 7.05. The predicted octanol–water partition coefficient (Wildman–Crippen LogP) is 3.23. The zero-order valence-corrected chi connectivity index (χ0v) is 12.9. The molecule has 102 valence electrons. The number of rotatable bonds is 6. The van der Waals surface area contributed by atoms with Gasteiger partial charge in [0, 0.05) is 34.9 Å². The molecule has 0 spiro atoms. The monoisotopic (exact) mass is 267 g/mol. The number of benzene rings is 1. The molecule has 1 aromatic rings. The summed E-state index contributed by atoms with van der Waals surface area (Å²) in [6, 6.07) is 9.33. The Bertz CT molecular complexity index is 386. The van der Waals surface area contributed by atoms with Crippen molar-refractivity contribution in [2.24, 2.45) is 0 Å². The maximum absolute atomic E-state index is 11.2. The number of hydrogen-bond acceptors (Lipinski definition) is 2. The molecule has 18 heavy (non-hydrogen) atoms. The summed E-state index contributed by atoms with van der Waals surface area (Å²) in [7, 11) is -0.741. The minimum atomic E-state index is -0.741. The maximum Gasteiger partial charge on any atom is 0.0383 e. The lowest BCUT2D eigenvalue weighted by atomic mass is 9.99. The van der Waals surface area contributed by atoms with Crippen LogP contribution in [0.15, 0.2) is 24.3 Å². The van der Waals surface area contributed by atoms with Crippen LogP contribution in [0.2, 0.25) is 0 Å². The fourth-order valence-corrected chi connectivity index (χ4v) is 2.89. The molecule has 0 saturated carbocycles. The van der Waals surface area contributed by atoms with Gasteiger partial charge < -0.3 is 5.32 Å². The van der Waals surface area contributed by atoms with Crippen LogP contribution in [-0.4, -0.2) is 22.3 Å². The van der Waals surface area contributed by atoms with Crippen LogP contribution in [0.25, 0.3) is 0 Å². The van der Waals surface area contributed by atoms with Gasteiger partial charge in [-0.25, -0.2) is 0 Å². The standard InChI is InChI=1S/C15H25NOS/c1-11(2)14-6-8-15(9-7-14)13(4)16-12(3)10-18(5)17/h6-9,11-13,16H,10H2,1-5H3. The Balaban J connectivity index is 2.61. The molecule has 0 heterocycles. The van der Waals surface area contributed by atoms with Gasteiger partial charge in [0.25, 0.3) is 0 Å². The molecule has 0 amide bonds. The highest BCUT2D eigenvalue weighted by Gasteiger charge is 2.10. The Hall–Kier alpha value is -0.670. The lowest BCUT2D eigenvalue weighted by molar-refractivity contribution is 0.508. The molecule has 1 rings (SSSR count). The first-order chi connectivity index (χ1) is 8.40. The average molecular weight is 267 g/mol. The van der Waals surface area contributed by atoms with E-state index in [9.17, 15) is 4.21 Å². The Morgan fingerprint density at radius 2 is 1.56 bits per heavy atom. The Morgan fingerprint density at radius 3 is 2.00 bits per heavy atom. The maximum atomic E-state index is 11.2. The van der Waals surface area contributed by atoms with E-state index in [0.29, 0.717) is 17.7 Å². The van der Waals surface area contributed by atoms with E-state index in [1.807, 2.05) is 0 Å². The zero-order valence-electron chi connectivity index (χ0n) is 12.1. The van der Waals surface area contributed by atoms with Crippen LogP contribution < -0.4 is 5.32 Å². The molecule has 3 unspecified atom stereocenters. The summed E-state index contributed by atoms with van der Waals surface area (Å²) >= 11 is 0. The first-order valence-corrected chi connectivity index (χ1v) is 8.28. The molecule has 0 aliphatic rings. The second-order valence-electron chi connectivity index (χ2n) is 5.35. The van der Waals surface area contributed by atoms with Crippen molar-refractivity contribution in [3.8, 4) is 0 Å². The van der Waals surface area contributed by atoms with Crippen molar-refractivity contribution < 1.29 is 4.21 Å². The number of nitrogens with one attached hydrogen (secondary N) is 1. The van der Waals surface area contributed by atoms with E-state index in [1.54, 1.807) is 6.26 Å². The van der Waals surface area contributed by atoms with Gasteiger partial charge in [-0.15, -0.1) is 0 Å². The van der Waals surface area contributed by atoms with Crippen LogP contribution in [-0.2, 0) is 10.8 Å². The SMILES string of the molecule is CC(CS(C)=O)NC(C)c1ccc(C(C)C)cc1. The topological polar surface area (TPSA) is 29.1 Å². The molecule has 0 saturated heterocycles. The van der Waals surface area contributed by atoms with E-state index in [4.69, 9.17) is 0 Å². The van der Waals surface area contributed by atoms with Crippen molar-refractivity contribution in [3.05, 3.63) is 35.4 Å². The minimum absolute atomic E-state index is 0.274. The highest BCUT2D eigenvalue weighted by molar-refractivity contribution is 7.84. The van der Waals surface area contributed by atoms with Crippen molar-refractivity contribution in [2.75, 3.05) is 12.0 Å². The van der Waals surface area contributed by atoms with Gasteiger partial charge in [-0.05, 0) is 30.9 Å². The van der Waals surface area contributed by atoms with E-state index >= 15 is 0 Å². The van der Waals surface area contributed by atoms with Crippen molar-refractivity contribution in [2.45, 2.75) is 45.7 Å². The molecule has 0 aliphatic heterocycles. The second-order valence-corrected chi connectivity index (χ2v) is 6.83. The number of hydrogen-bond donors (Lipinski definition) is 1. The van der Waals surface area contributed by atoms with E-state index in [1.165, 1.54) is 11.1 Å². The van der Waals surface area contributed by atoms with Crippen LogP contribution in [0.4, 0.5) is 0 Å². The highest BCUT2D eigenvalue weighted by Crippen LogP contribution is 2.18. The third kappa shape index (κ3) is 4.91. The lowest BCUT2D eigenvalue weighted by Gasteiger charge is -2.20. The molecular formula is C15H25NOS. The van der Waals surface area contributed by atoms with Crippen LogP contribution in [0.5, 0.6) is 0 Å². The lowest BCUT2D eigenvalue weighted by Crippen LogP contribution is -2.33. The molecule has 2 nitrogen and oxygen atoms in total. The summed E-state index contributed by atoms with van der Waals surface area (Å²) < 4.78 is 11.2.